The van der Waals surface area contributed by atoms with E-state index in [1.165, 1.54) is 42.7 Å². The van der Waals surface area contributed by atoms with Gasteiger partial charge in [-0.25, -0.2) is 21.2 Å². The van der Waals surface area contributed by atoms with Crippen LogP contribution in [0.1, 0.15) is 34.6 Å². The van der Waals surface area contributed by atoms with Crippen molar-refractivity contribution in [2.75, 3.05) is 59.1 Å². The van der Waals surface area contributed by atoms with Crippen molar-refractivity contribution in [1.29, 1.82) is 0 Å². The molecule has 7 rings (SSSR count). The molecule has 0 amide bonds. The van der Waals surface area contributed by atoms with E-state index in [4.69, 9.17) is 9.47 Å². The number of hydrogen-bond acceptors (Lipinski definition) is 12. The second-order valence-corrected chi connectivity index (χ2v) is 20.8. The predicted octanol–water partition coefficient (Wildman–Crippen LogP) is 7.62. The van der Waals surface area contributed by atoms with Gasteiger partial charge in [0.15, 0.2) is 5.82 Å². The number of sulfonamides is 2. The number of halogens is 2. The molecule has 60 heavy (non-hydrogen) atoms. The van der Waals surface area contributed by atoms with Gasteiger partial charge in [-0.1, -0.05) is 6.07 Å². The molecule has 13 nitrogen and oxygen atoms in total. The molecule has 0 unspecified atom stereocenters. The second kappa shape index (κ2) is 19.7. The summed E-state index contributed by atoms with van der Waals surface area (Å²) in [6.07, 6.45) is 1.69. The lowest BCUT2D eigenvalue weighted by molar-refractivity contribution is 0.342. The van der Waals surface area contributed by atoms with Crippen molar-refractivity contribution >= 4 is 76.7 Å². The minimum atomic E-state index is -3.91. The molecule has 3 aromatic carbocycles. The Hall–Kier alpha value is -4.21. The maximum Gasteiger partial charge on any atom is 0.271 e. The van der Waals surface area contributed by atoms with Gasteiger partial charge in [0.05, 0.1) is 46.2 Å². The summed E-state index contributed by atoms with van der Waals surface area (Å²) < 4.78 is 83.7. The highest BCUT2D eigenvalue weighted by atomic mass is 127. The molecule has 0 radical (unpaired) electrons. The zero-order valence-corrected chi connectivity index (χ0v) is 38.9. The number of ether oxygens (including phenoxy) is 2. The maximum atomic E-state index is 14.6. The van der Waals surface area contributed by atoms with E-state index < -0.39 is 25.9 Å². The quantitative estimate of drug-likeness (QED) is 0.0914. The zero-order chi connectivity index (χ0) is 43.2. The van der Waals surface area contributed by atoms with Crippen LogP contribution in [0.4, 0.5) is 27.1 Å². The highest BCUT2D eigenvalue weighted by Crippen LogP contribution is 2.37. The molecule has 0 saturated carbocycles. The number of hydrogen-bond donors (Lipinski definition) is 4. The van der Waals surface area contributed by atoms with Crippen LogP contribution in [-0.2, 0) is 20.0 Å². The molecule has 0 bridgehead atoms. The fourth-order valence-electron chi connectivity index (χ4n) is 7.29. The Bertz CT molecular complexity index is 2440. The number of rotatable bonds is 12. The van der Waals surface area contributed by atoms with Crippen LogP contribution >= 0.6 is 33.9 Å². The third kappa shape index (κ3) is 11.4. The minimum absolute atomic E-state index is 0.0779. The second-order valence-electron chi connectivity index (χ2n) is 14.9. The molecule has 18 heteroatoms. The Morgan fingerprint density at radius 1 is 0.783 bits per heavy atom. The number of methoxy groups -OCH3 is 1. The molecule has 2 aliphatic rings. The Balaban J connectivity index is 0.000000203. The standard InChI is InChI=1S/C23H28N4O3S2.C19H23FIN3O3S/c1-4-30-21-9-8-18(27-14-16(2)25-17(3)15-27)13-20(21)26-32(28,29)23-11-10-22(31-23)19-7-5-6-12-24-19;1-12-10-24(11-13(2)22-12)18-9-17(16(20)8-19(18)27-3)23-28(25,26)15-6-4-14(21)5-7-15/h5-13,16-17,25-26H,4,14-15H2,1-3H3;4-9,12-13,22-23H,10-11H2,1-3H3/t16-,17+;12-,13+. The van der Waals surface area contributed by atoms with E-state index in [1.54, 1.807) is 30.5 Å². The lowest BCUT2D eigenvalue weighted by Crippen LogP contribution is -2.54. The van der Waals surface area contributed by atoms with Gasteiger partial charge in [0.25, 0.3) is 20.0 Å². The van der Waals surface area contributed by atoms with Crippen molar-refractivity contribution in [3.05, 3.63) is 101 Å². The van der Waals surface area contributed by atoms with Crippen LogP contribution in [0.2, 0.25) is 0 Å². The molecule has 2 aliphatic heterocycles. The zero-order valence-electron chi connectivity index (χ0n) is 34.3. The van der Waals surface area contributed by atoms with E-state index in [1.807, 2.05) is 43.3 Å². The van der Waals surface area contributed by atoms with Gasteiger partial charge in [-0.2, -0.15) is 0 Å². The molecule has 2 saturated heterocycles. The molecular formula is C42H51FIN7O6S3. The van der Waals surface area contributed by atoms with Gasteiger partial charge in [0, 0.05) is 71.9 Å². The van der Waals surface area contributed by atoms with Gasteiger partial charge in [-0.3, -0.25) is 14.4 Å². The Labute approximate surface area is 370 Å². The van der Waals surface area contributed by atoms with Crippen molar-refractivity contribution < 1.29 is 30.7 Å². The molecule has 4 atom stereocenters. The number of aromatic nitrogens is 1. The van der Waals surface area contributed by atoms with Crippen LogP contribution in [0.15, 0.2) is 100 Å². The molecule has 2 aromatic heterocycles. The van der Waals surface area contributed by atoms with Crippen LogP contribution in [-0.4, -0.2) is 85.9 Å². The van der Waals surface area contributed by atoms with Crippen LogP contribution in [0.25, 0.3) is 10.6 Å². The first-order valence-electron chi connectivity index (χ1n) is 19.5. The normalized spacial score (nSPS) is 19.5. The molecular weight excluding hydrogens is 941 g/mol. The summed E-state index contributed by atoms with van der Waals surface area (Å²) in [6, 6.07) is 24.9. The van der Waals surface area contributed by atoms with E-state index in [-0.39, 0.29) is 26.9 Å². The average molecular weight is 992 g/mol. The molecule has 0 spiro atoms. The molecule has 0 aliphatic carbocycles. The number of pyridine rings is 1. The maximum absolute atomic E-state index is 14.6. The SMILES string of the molecule is CCOc1ccc(N2C[C@@H](C)N[C@@H](C)C2)cc1NS(=O)(=O)c1ccc(-c2ccccn2)s1.COc1cc(F)c(NS(=O)(=O)c2ccc(I)cc2)cc1N1C[C@@H](C)N[C@@H](C)C1. The van der Waals surface area contributed by atoms with Gasteiger partial charge in [0.1, 0.15) is 15.7 Å². The van der Waals surface area contributed by atoms with E-state index in [0.717, 1.165) is 32.9 Å². The van der Waals surface area contributed by atoms with E-state index in [9.17, 15) is 21.2 Å². The number of thiophene rings is 1. The van der Waals surface area contributed by atoms with Crippen LogP contribution in [0.5, 0.6) is 11.5 Å². The topological polar surface area (TPSA) is 154 Å². The summed E-state index contributed by atoms with van der Waals surface area (Å²) >= 11 is 3.29. The summed E-state index contributed by atoms with van der Waals surface area (Å²) in [5.74, 6) is 0.194. The van der Waals surface area contributed by atoms with E-state index in [2.05, 4.69) is 85.1 Å². The Morgan fingerprint density at radius 3 is 2.02 bits per heavy atom. The number of nitrogens with zero attached hydrogens (tertiary/aromatic N) is 3. The van der Waals surface area contributed by atoms with Gasteiger partial charge in [-0.15, -0.1) is 11.3 Å². The van der Waals surface area contributed by atoms with Gasteiger partial charge in [0.2, 0.25) is 0 Å². The molecule has 2 fully saturated rings. The highest BCUT2D eigenvalue weighted by Gasteiger charge is 2.27. The minimum Gasteiger partial charge on any atom is -0.494 e. The number of anilines is 4. The summed E-state index contributed by atoms with van der Waals surface area (Å²) in [5.41, 5.74) is 2.71. The smallest absolute Gasteiger partial charge is 0.271 e. The fourth-order valence-corrected chi connectivity index (χ4v) is 11.1. The summed E-state index contributed by atoms with van der Waals surface area (Å²) in [5, 5.41) is 6.96. The van der Waals surface area contributed by atoms with Crippen LogP contribution in [0, 0.1) is 9.39 Å². The van der Waals surface area contributed by atoms with Crippen molar-refractivity contribution in [3.63, 3.8) is 0 Å². The first-order valence-corrected chi connectivity index (χ1v) is 24.4. The number of piperazine rings is 2. The summed E-state index contributed by atoms with van der Waals surface area (Å²) in [7, 11) is -6.21. The lowest BCUT2D eigenvalue weighted by Gasteiger charge is -2.38. The lowest BCUT2D eigenvalue weighted by atomic mass is 10.1. The molecule has 5 aromatic rings. The first kappa shape index (κ1) is 45.3. The van der Waals surface area contributed by atoms with Gasteiger partial charge >= 0.3 is 0 Å². The average Bonchev–Trinajstić information content (AvgIpc) is 3.71. The predicted molar refractivity (Wildman–Crippen MR) is 247 cm³/mol. The largest absolute Gasteiger partial charge is 0.494 e. The molecule has 4 heterocycles. The third-order valence-electron chi connectivity index (χ3n) is 9.73. The van der Waals surface area contributed by atoms with Gasteiger partial charge in [-0.05, 0) is 130 Å². The van der Waals surface area contributed by atoms with E-state index in [0.29, 0.717) is 54.7 Å². The molecule has 4 N–H and O–H groups in total. The van der Waals surface area contributed by atoms with Crippen LogP contribution < -0.4 is 39.4 Å². The van der Waals surface area contributed by atoms with Crippen molar-refractivity contribution in [1.82, 2.24) is 15.6 Å². The van der Waals surface area contributed by atoms with Gasteiger partial charge < -0.3 is 29.9 Å². The Morgan fingerprint density at radius 2 is 1.42 bits per heavy atom. The number of benzene rings is 3. The fraction of sp³-hybridized carbons (Fsp3) is 0.357. The van der Waals surface area contributed by atoms with E-state index >= 15 is 0 Å². The first-order chi connectivity index (χ1) is 28.5. The van der Waals surface area contributed by atoms with Crippen LogP contribution in [0.3, 0.4) is 0 Å². The number of nitrogens with one attached hydrogen (secondary N) is 4. The van der Waals surface area contributed by atoms with Crippen molar-refractivity contribution in [2.24, 2.45) is 0 Å². The molecule has 322 valence electrons. The Kier molecular flexibility index (Phi) is 14.9. The summed E-state index contributed by atoms with van der Waals surface area (Å²) in [6.45, 7) is 13.9. The highest BCUT2D eigenvalue weighted by molar-refractivity contribution is 14.1. The monoisotopic (exact) mass is 991 g/mol. The van der Waals surface area contributed by atoms with Crippen molar-refractivity contribution in [3.8, 4) is 22.1 Å². The summed E-state index contributed by atoms with van der Waals surface area (Å²) in [4.78, 5) is 9.53. The third-order valence-corrected chi connectivity index (χ3v) is 14.8. The van der Waals surface area contributed by atoms with Crippen molar-refractivity contribution in [2.45, 2.75) is 67.9 Å².